The van der Waals surface area contributed by atoms with Crippen molar-refractivity contribution in [2.75, 3.05) is 38.2 Å². The molecule has 1 aromatic heterocycles. The maximum absolute atomic E-state index is 13.0. The number of nitrogens with zero attached hydrogens (tertiary/aromatic N) is 3. The summed E-state index contributed by atoms with van der Waals surface area (Å²) in [7, 11) is 1.67. The van der Waals surface area contributed by atoms with Crippen LogP contribution in [0.1, 0.15) is 15.9 Å². The van der Waals surface area contributed by atoms with Gasteiger partial charge in [-0.1, -0.05) is 18.2 Å². The second-order valence-corrected chi connectivity index (χ2v) is 8.16. The Morgan fingerprint density at radius 2 is 1.66 bits per heavy atom. The molecule has 1 N–H and O–H groups in total. The van der Waals surface area contributed by atoms with E-state index in [-0.39, 0.29) is 5.91 Å². The molecule has 2 heterocycles. The molecule has 6 nitrogen and oxygen atoms in total. The zero-order valence-electron chi connectivity index (χ0n) is 18.3. The number of aromatic nitrogens is 2. The topological polar surface area (TPSA) is 61.5 Å². The molecule has 1 amide bonds. The largest absolute Gasteiger partial charge is 0.497 e. The van der Waals surface area contributed by atoms with Gasteiger partial charge in [0.15, 0.2) is 0 Å². The van der Waals surface area contributed by atoms with Crippen LogP contribution in [0.5, 0.6) is 5.75 Å². The molecule has 1 aliphatic rings. The third kappa shape index (κ3) is 3.91. The van der Waals surface area contributed by atoms with Gasteiger partial charge in [0.1, 0.15) is 11.6 Å². The molecule has 0 bridgehead atoms. The van der Waals surface area contributed by atoms with Crippen molar-refractivity contribution in [1.82, 2.24) is 14.9 Å². The molecule has 1 fully saturated rings. The molecule has 4 aromatic rings. The van der Waals surface area contributed by atoms with Gasteiger partial charge in [-0.3, -0.25) is 4.79 Å². The van der Waals surface area contributed by atoms with Gasteiger partial charge in [-0.15, -0.1) is 0 Å². The Hall–Kier alpha value is -3.80. The monoisotopic (exact) mass is 426 g/mol. The van der Waals surface area contributed by atoms with Crippen LogP contribution in [0.15, 0.2) is 66.7 Å². The lowest BCUT2D eigenvalue weighted by molar-refractivity contribution is 0.0747. The van der Waals surface area contributed by atoms with Crippen LogP contribution in [0.3, 0.4) is 0 Å². The molecule has 32 heavy (non-hydrogen) atoms. The van der Waals surface area contributed by atoms with E-state index in [4.69, 9.17) is 4.74 Å². The molecule has 6 heteroatoms. The Morgan fingerprint density at radius 3 is 2.34 bits per heavy atom. The van der Waals surface area contributed by atoms with E-state index >= 15 is 0 Å². The van der Waals surface area contributed by atoms with Gasteiger partial charge in [0.2, 0.25) is 0 Å². The number of hydrogen-bond acceptors (Lipinski definition) is 4. The Balaban J connectivity index is 1.24. The highest BCUT2D eigenvalue weighted by atomic mass is 16.5. The number of imidazole rings is 1. The predicted octanol–water partition coefficient (Wildman–Crippen LogP) is 4.51. The molecule has 3 aromatic carbocycles. The zero-order chi connectivity index (χ0) is 22.1. The Morgan fingerprint density at radius 1 is 0.938 bits per heavy atom. The summed E-state index contributed by atoms with van der Waals surface area (Å²) in [6, 6.07) is 22.0. The van der Waals surface area contributed by atoms with Crippen LogP contribution in [0.2, 0.25) is 0 Å². The van der Waals surface area contributed by atoms with Gasteiger partial charge in [0.25, 0.3) is 5.91 Å². The number of methoxy groups -OCH3 is 1. The Bertz CT molecular complexity index is 1240. The third-order valence-electron chi connectivity index (χ3n) is 6.05. The van der Waals surface area contributed by atoms with Gasteiger partial charge in [-0.25, -0.2) is 4.98 Å². The molecule has 0 radical (unpaired) electrons. The number of piperazine rings is 1. The zero-order valence-corrected chi connectivity index (χ0v) is 18.3. The number of anilines is 1. The van der Waals surface area contributed by atoms with Crippen molar-refractivity contribution in [3.05, 3.63) is 77.9 Å². The summed E-state index contributed by atoms with van der Waals surface area (Å²) in [6.45, 7) is 5.10. The fourth-order valence-corrected chi connectivity index (χ4v) is 4.17. The van der Waals surface area contributed by atoms with Crippen LogP contribution in [-0.4, -0.2) is 54.1 Å². The van der Waals surface area contributed by atoms with E-state index in [0.717, 1.165) is 46.9 Å². The van der Waals surface area contributed by atoms with Crippen LogP contribution in [0, 0.1) is 6.92 Å². The summed E-state index contributed by atoms with van der Waals surface area (Å²) in [5.41, 5.74) is 6.00. The average molecular weight is 427 g/mol. The second kappa shape index (κ2) is 8.38. The van der Waals surface area contributed by atoms with Crippen molar-refractivity contribution in [2.45, 2.75) is 6.92 Å². The molecule has 0 atom stereocenters. The van der Waals surface area contributed by atoms with Gasteiger partial charge in [-0.05, 0) is 61.0 Å². The van der Waals surface area contributed by atoms with Gasteiger partial charge in [0, 0.05) is 43.0 Å². The first-order chi connectivity index (χ1) is 15.6. The lowest BCUT2D eigenvalue weighted by Crippen LogP contribution is -2.48. The van der Waals surface area contributed by atoms with Crippen molar-refractivity contribution in [3.8, 4) is 17.1 Å². The molecular weight excluding hydrogens is 400 g/mol. The smallest absolute Gasteiger partial charge is 0.253 e. The molecule has 1 aliphatic heterocycles. The fourth-order valence-electron chi connectivity index (χ4n) is 4.17. The van der Waals surface area contributed by atoms with Gasteiger partial charge < -0.3 is 19.5 Å². The average Bonchev–Trinajstić information content (AvgIpc) is 3.27. The van der Waals surface area contributed by atoms with Crippen molar-refractivity contribution in [3.63, 3.8) is 0 Å². The number of nitrogens with one attached hydrogen (secondary N) is 1. The third-order valence-corrected chi connectivity index (χ3v) is 6.05. The van der Waals surface area contributed by atoms with E-state index in [0.29, 0.717) is 18.7 Å². The number of carbonyl (C=O) groups excluding carboxylic acids is 1. The number of H-pyrrole nitrogens is 1. The van der Waals surface area contributed by atoms with Crippen LogP contribution in [0.25, 0.3) is 22.4 Å². The molecule has 0 aliphatic carbocycles. The van der Waals surface area contributed by atoms with Gasteiger partial charge in [0.05, 0.1) is 18.1 Å². The highest BCUT2D eigenvalue weighted by Gasteiger charge is 2.22. The number of benzene rings is 3. The number of rotatable bonds is 4. The predicted molar refractivity (Wildman–Crippen MR) is 127 cm³/mol. The summed E-state index contributed by atoms with van der Waals surface area (Å²) in [5.74, 6) is 1.74. The maximum atomic E-state index is 13.0. The normalized spacial score (nSPS) is 14.1. The van der Waals surface area contributed by atoms with E-state index in [1.807, 2.05) is 47.4 Å². The number of fused-ring (bicyclic) bond motifs is 1. The van der Waals surface area contributed by atoms with E-state index in [2.05, 4.69) is 46.1 Å². The number of aryl methyl sites for hydroxylation is 1. The number of ether oxygens (including phenoxy) is 1. The lowest BCUT2D eigenvalue weighted by atomic mass is 10.1. The lowest BCUT2D eigenvalue weighted by Gasteiger charge is -2.36. The molecule has 1 saturated heterocycles. The van der Waals surface area contributed by atoms with Gasteiger partial charge in [-0.2, -0.15) is 0 Å². The first-order valence-electron chi connectivity index (χ1n) is 10.9. The number of amides is 1. The summed E-state index contributed by atoms with van der Waals surface area (Å²) >= 11 is 0. The van der Waals surface area contributed by atoms with Crippen LogP contribution >= 0.6 is 0 Å². The van der Waals surface area contributed by atoms with Crippen molar-refractivity contribution < 1.29 is 9.53 Å². The first-order valence-corrected chi connectivity index (χ1v) is 10.9. The molecule has 5 rings (SSSR count). The highest BCUT2D eigenvalue weighted by Crippen LogP contribution is 2.23. The molecule has 0 saturated carbocycles. The first kappa shape index (κ1) is 20.1. The molecular formula is C26H26N4O2. The van der Waals surface area contributed by atoms with Crippen molar-refractivity contribution in [2.24, 2.45) is 0 Å². The molecule has 0 spiro atoms. The minimum Gasteiger partial charge on any atom is -0.497 e. The fraction of sp³-hybridized carbons (Fsp3) is 0.231. The van der Waals surface area contributed by atoms with Gasteiger partial charge >= 0.3 is 0 Å². The molecule has 162 valence electrons. The highest BCUT2D eigenvalue weighted by molar-refractivity contribution is 5.95. The minimum atomic E-state index is 0.0751. The van der Waals surface area contributed by atoms with E-state index < -0.39 is 0 Å². The SMILES string of the molecule is COc1ccc(N2CCN(C(=O)c3ccc(-c4nc5ccc(C)cc5[nH]4)cc3)CC2)cc1. The van der Waals surface area contributed by atoms with Crippen molar-refractivity contribution >= 4 is 22.6 Å². The Kier molecular flexibility index (Phi) is 5.27. The van der Waals surface area contributed by atoms with E-state index in [9.17, 15) is 4.79 Å². The van der Waals surface area contributed by atoms with E-state index in [1.54, 1.807) is 7.11 Å². The standard InChI is InChI=1S/C26H26N4O2/c1-18-3-12-23-24(17-18)28-25(27-23)19-4-6-20(7-5-19)26(31)30-15-13-29(14-16-30)21-8-10-22(32-2)11-9-21/h3-12,17H,13-16H2,1-2H3,(H,27,28). The maximum Gasteiger partial charge on any atom is 0.253 e. The number of aromatic amines is 1. The molecule has 0 unspecified atom stereocenters. The number of carbonyl (C=O) groups is 1. The minimum absolute atomic E-state index is 0.0751. The van der Waals surface area contributed by atoms with Crippen LogP contribution in [-0.2, 0) is 0 Å². The number of hydrogen-bond donors (Lipinski definition) is 1. The summed E-state index contributed by atoms with van der Waals surface area (Å²) in [4.78, 5) is 25.3. The summed E-state index contributed by atoms with van der Waals surface area (Å²) < 4.78 is 5.23. The second-order valence-electron chi connectivity index (χ2n) is 8.16. The van der Waals surface area contributed by atoms with E-state index in [1.165, 1.54) is 5.56 Å². The van der Waals surface area contributed by atoms with Crippen LogP contribution < -0.4 is 9.64 Å². The van der Waals surface area contributed by atoms with Crippen molar-refractivity contribution in [1.29, 1.82) is 0 Å². The Labute approximate surface area is 187 Å². The quantitative estimate of drug-likeness (QED) is 0.522. The summed E-state index contributed by atoms with van der Waals surface area (Å²) in [6.07, 6.45) is 0. The summed E-state index contributed by atoms with van der Waals surface area (Å²) in [5, 5.41) is 0. The van der Waals surface area contributed by atoms with Crippen LogP contribution in [0.4, 0.5) is 5.69 Å².